The monoisotopic (exact) mass is 430 g/mol. The Kier molecular flexibility index (Phi) is 10.8. The predicted octanol–water partition coefficient (Wildman–Crippen LogP) is 2.32. The number of benzene rings is 1. The Morgan fingerprint density at radius 1 is 1.20 bits per heavy atom. The van der Waals surface area contributed by atoms with Crippen LogP contribution in [0.1, 0.15) is 18.9 Å². The van der Waals surface area contributed by atoms with Gasteiger partial charge in [-0.1, -0.05) is 19.1 Å². The van der Waals surface area contributed by atoms with Gasteiger partial charge in [0.05, 0.1) is 0 Å². The molecule has 1 aromatic carbocycles. The van der Waals surface area contributed by atoms with Gasteiger partial charge < -0.3 is 29.9 Å². The van der Waals surface area contributed by atoms with Crippen molar-refractivity contribution < 1.29 is 42.9 Å². The van der Waals surface area contributed by atoms with Gasteiger partial charge in [-0.25, -0.2) is 14.4 Å². The number of carbonyl (C=O) groups is 3. The summed E-state index contributed by atoms with van der Waals surface area (Å²) in [6.07, 6.45) is 1.63. The number of aliphatic carboxylic acids is 2. The molecular weight excluding hydrogens is 406 g/mol. The average Bonchev–Trinajstić information content (AvgIpc) is 2.71. The zero-order valence-corrected chi connectivity index (χ0v) is 16.3. The van der Waals surface area contributed by atoms with Crippen LogP contribution in [-0.4, -0.2) is 65.4 Å². The minimum absolute atomic E-state index is 0.0817. The molecule has 1 heterocycles. The summed E-state index contributed by atoms with van der Waals surface area (Å²) in [5.74, 6) is -2.43. The molecule has 0 bridgehead atoms. The number of hydrogen-bond donors (Lipinski definition) is 3. The molecule has 1 aromatic rings. The van der Waals surface area contributed by atoms with Crippen LogP contribution >= 0.6 is 0 Å². The molecule has 1 aliphatic heterocycles. The first-order chi connectivity index (χ1) is 14.2. The summed E-state index contributed by atoms with van der Waals surface area (Å²) < 4.78 is 33.7. The van der Waals surface area contributed by atoms with Crippen molar-refractivity contribution in [3.63, 3.8) is 0 Å². The normalized spacial score (nSPS) is 16.0. The number of ether oxygens (including phenoxy) is 2. The fourth-order valence-electron chi connectivity index (χ4n) is 2.50. The molecule has 30 heavy (non-hydrogen) atoms. The van der Waals surface area contributed by atoms with Gasteiger partial charge in [-0.3, -0.25) is 0 Å². The van der Waals surface area contributed by atoms with Crippen LogP contribution in [0.25, 0.3) is 0 Å². The molecule has 0 aromatic heterocycles. The Morgan fingerprint density at radius 3 is 2.30 bits per heavy atom. The van der Waals surface area contributed by atoms with Crippen LogP contribution in [0.3, 0.4) is 0 Å². The lowest BCUT2D eigenvalue weighted by atomic mass is 10.1. The molecule has 2 rings (SSSR count). The second-order valence-electron chi connectivity index (χ2n) is 6.05. The summed E-state index contributed by atoms with van der Waals surface area (Å²) in [6, 6.07) is 6.19. The highest BCUT2D eigenvalue weighted by Gasteiger charge is 2.26. The number of piperazine rings is 1. The number of hydrogen-bond acceptors (Lipinski definition) is 6. The van der Waals surface area contributed by atoms with Crippen molar-refractivity contribution in [3.8, 4) is 5.75 Å². The number of halogens is 2. The molecule has 0 saturated carbocycles. The van der Waals surface area contributed by atoms with Gasteiger partial charge in [0.2, 0.25) is 0 Å². The maximum atomic E-state index is 12.1. The van der Waals surface area contributed by atoms with Crippen LogP contribution in [0.4, 0.5) is 13.6 Å². The number of alkyl halides is 2. The molecule has 1 atom stereocenters. The maximum absolute atomic E-state index is 12.1. The fourth-order valence-corrected chi connectivity index (χ4v) is 2.50. The lowest BCUT2D eigenvalue weighted by Gasteiger charge is -2.34. The van der Waals surface area contributed by atoms with Crippen LogP contribution in [0.2, 0.25) is 0 Å². The minimum Gasteiger partial charge on any atom is -0.478 e. The lowest BCUT2D eigenvalue weighted by molar-refractivity contribution is -0.134. The molecule has 0 unspecified atom stereocenters. The quantitative estimate of drug-likeness (QED) is 0.563. The number of carboxylic acid groups (broad SMARTS) is 2. The van der Waals surface area contributed by atoms with Crippen LogP contribution in [-0.2, 0) is 20.9 Å². The van der Waals surface area contributed by atoms with E-state index in [-0.39, 0.29) is 24.5 Å². The van der Waals surface area contributed by atoms with Gasteiger partial charge in [-0.15, -0.1) is 0 Å². The van der Waals surface area contributed by atoms with E-state index in [0.717, 1.165) is 25.1 Å². The Hall–Kier alpha value is -3.21. The summed E-state index contributed by atoms with van der Waals surface area (Å²) in [5.41, 5.74) is 0.721. The van der Waals surface area contributed by atoms with Gasteiger partial charge in [0, 0.05) is 37.8 Å². The summed E-state index contributed by atoms with van der Waals surface area (Å²) in [4.78, 5) is 32.9. The largest absolute Gasteiger partial charge is 0.478 e. The van der Waals surface area contributed by atoms with E-state index in [9.17, 15) is 23.2 Å². The first kappa shape index (κ1) is 24.8. The second kappa shape index (κ2) is 13.1. The molecule has 1 aliphatic rings. The first-order valence-electron chi connectivity index (χ1n) is 9.04. The Morgan fingerprint density at radius 2 is 1.80 bits per heavy atom. The van der Waals surface area contributed by atoms with Gasteiger partial charge in [-0.05, 0) is 24.1 Å². The third-order valence-corrected chi connectivity index (χ3v) is 3.94. The number of carboxylic acids is 2. The van der Waals surface area contributed by atoms with Gasteiger partial charge in [0.15, 0.2) is 0 Å². The average molecular weight is 430 g/mol. The number of nitrogens with zero attached hydrogens (tertiary/aromatic N) is 1. The van der Waals surface area contributed by atoms with Crippen molar-refractivity contribution in [2.75, 3.05) is 19.6 Å². The van der Waals surface area contributed by atoms with E-state index in [1.54, 1.807) is 17.0 Å². The van der Waals surface area contributed by atoms with Gasteiger partial charge in [0.25, 0.3) is 0 Å². The SMILES string of the molecule is CC[C@@H]1CNCCN1C(=O)OCc1ccc(OC(F)F)cc1.O=C(O)/C=C/C(=O)O. The molecule has 3 N–H and O–H groups in total. The summed E-state index contributed by atoms with van der Waals surface area (Å²) in [7, 11) is 0. The highest BCUT2D eigenvalue weighted by molar-refractivity contribution is 5.89. The smallest absolute Gasteiger partial charge is 0.410 e. The van der Waals surface area contributed by atoms with Gasteiger partial charge >= 0.3 is 24.6 Å². The van der Waals surface area contributed by atoms with Crippen LogP contribution in [0.5, 0.6) is 5.75 Å². The molecule has 9 nitrogen and oxygen atoms in total. The summed E-state index contributed by atoms with van der Waals surface area (Å²) >= 11 is 0. The third-order valence-electron chi connectivity index (χ3n) is 3.94. The summed E-state index contributed by atoms with van der Waals surface area (Å²) in [5, 5.41) is 18.9. The lowest BCUT2D eigenvalue weighted by Crippen LogP contribution is -2.53. The number of rotatable bonds is 7. The van der Waals surface area contributed by atoms with E-state index in [2.05, 4.69) is 10.1 Å². The molecule has 166 valence electrons. The maximum Gasteiger partial charge on any atom is 0.410 e. The van der Waals surface area contributed by atoms with E-state index in [4.69, 9.17) is 14.9 Å². The predicted molar refractivity (Wildman–Crippen MR) is 101 cm³/mol. The molecule has 1 saturated heterocycles. The summed E-state index contributed by atoms with van der Waals surface area (Å²) in [6.45, 7) is 1.44. The van der Waals surface area contributed by atoms with Crippen LogP contribution < -0.4 is 10.1 Å². The van der Waals surface area contributed by atoms with Crippen molar-refractivity contribution in [1.82, 2.24) is 10.2 Å². The Bertz CT molecular complexity index is 710. The zero-order chi connectivity index (χ0) is 22.5. The minimum atomic E-state index is -2.85. The van der Waals surface area contributed by atoms with Crippen molar-refractivity contribution >= 4 is 18.0 Å². The van der Waals surface area contributed by atoms with E-state index in [0.29, 0.717) is 18.7 Å². The Labute approximate surface area is 171 Å². The van der Waals surface area contributed by atoms with E-state index in [1.165, 1.54) is 12.1 Å². The van der Waals surface area contributed by atoms with Crippen molar-refractivity contribution in [2.45, 2.75) is 32.6 Å². The van der Waals surface area contributed by atoms with E-state index >= 15 is 0 Å². The van der Waals surface area contributed by atoms with Crippen molar-refractivity contribution in [1.29, 1.82) is 0 Å². The standard InChI is InChI=1S/C15H20F2N2O3.C4H4O4/c1-2-12-9-18-7-8-19(12)15(20)21-10-11-3-5-13(6-4-11)22-14(16)17;5-3(6)1-2-4(7)8/h3-6,12,14,18H,2,7-10H2,1H3;1-2H,(H,5,6)(H,7,8)/b;2-1+/t12-;/m1./s1. The fraction of sp³-hybridized carbons (Fsp3) is 0.421. The van der Waals surface area contributed by atoms with Gasteiger partial charge in [-0.2, -0.15) is 8.78 Å². The molecule has 1 fully saturated rings. The molecule has 1 amide bonds. The molecule has 0 aliphatic carbocycles. The number of nitrogens with one attached hydrogen (secondary N) is 1. The van der Waals surface area contributed by atoms with Gasteiger partial charge in [0.1, 0.15) is 12.4 Å². The molecule has 0 spiro atoms. The third kappa shape index (κ3) is 9.82. The highest BCUT2D eigenvalue weighted by atomic mass is 19.3. The Balaban J connectivity index is 0.000000479. The first-order valence-corrected chi connectivity index (χ1v) is 9.04. The van der Waals surface area contributed by atoms with Crippen LogP contribution in [0, 0.1) is 0 Å². The molecular formula is C19H24F2N2O7. The zero-order valence-electron chi connectivity index (χ0n) is 16.3. The number of amides is 1. The van der Waals surface area contributed by atoms with E-state index < -0.39 is 18.6 Å². The second-order valence-corrected chi connectivity index (χ2v) is 6.05. The molecule has 0 radical (unpaired) electrons. The molecule has 11 heteroatoms. The van der Waals surface area contributed by atoms with E-state index in [1.807, 2.05) is 6.92 Å². The van der Waals surface area contributed by atoms with Crippen molar-refractivity contribution in [2.24, 2.45) is 0 Å². The topological polar surface area (TPSA) is 125 Å². The number of carbonyl (C=O) groups excluding carboxylic acids is 1. The van der Waals surface area contributed by atoms with Crippen molar-refractivity contribution in [3.05, 3.63) is 42.0 Å². The van der Waals surface area contributed by atoms with Crippen LogP contribution in [0.15, 0.2) is 36.4 Å². The highest BCUT2D eigenvalue weighted by Crippen LogP contribution is 2.16.